The zero-order valence-corrected chi connectivity index (χ0v) is 9.50. The molecule has 0 bridgehead atoms. The fourth-order valence-electron chi connectivity index (χ4n) is 1.33. The molecule has 0 amide bonds. The highest BCUT2D eigenvalue weighted by atomic mass is 79.9. The van der Waals surface area contributed by atoms with E-state index in [0.717, 1.165) is 6.07 Å². The molecule has 84 valence electrons. The van der Waals surface area contributed by atoms with E-state index in [0.29, 0.717) is 0 Å². The van der Waals surface area contributed by atoms with Gasteiger partial charge < -0.3 is 5.73 Å². The Morgan fingerprint density at radius 1 is 1.38 bits per heavy atom. The van der Waals surface area contributed by atoms with Crippen molar-refractivity contribution in [2.24, 2.45) is 5.73 Å². The van der Waals surface area contributed by atoms with Gasteiger partial charge in [-0.15, -0.1) is 0 Å². The normalized spacial score (nSPS) is 12.8. The van der Waals surface area contributed by atoms with Gasteiger partial charge in [-0.3, -0.25) is 5.10 Å². The Hall–Kier alpha value is -1.34. The van der Waals surface area contributed by atoms with Crippen molar-refractivity contribution >= 4 is 15.9 Å². The minimum atomic E-state index is -1.01. The van der Waals surface area contributed by atoms with Crippen molar-refractivity contribution in [3.63, 3.8) is 0 Å². The third-order valence-corrected chi connectivity index (χ3v) is 2.73. The van der Waals surface area contributed by atoms with E-state index in [-0.39, 0.29) is 15.9 Å². The monoisotopic (exact) mass is 288 g/mol. The van der Waals surface area contributed by atoms with Crippen LogP contribution in [0.5, 0.6) is 0 Å². The highest BCUT2D eigenvalue weighted by Gasteiger charge is 2.22. The smallest absolute Gasteiger partial charge is 0.145 e. The first-order valence-electron chi connectivity index (χ1n) is 4.35. The van der Waals surface area contributed by atoms with Crippen LogP contribution in [0.1, 0.15) is 17.4 Å². The van der Waals surface area contributed by atoms with Gasteiger partial charge in [0.2, 0.25) is 0 Å². The summed E-state index contributed by atoms with van der Waals surface area (Å²) in [4.78, 5) is 3.76. The highest BCUT2D eigenvalue weighted by molar-refractivity contribution is 9.10. The molecule has 0 spiro atoms. The number of rotatable bonds is 2. The summed E-state index contributed by atoms with van der Waals surface area (Å²) in [6.07, 6.45) is 1.23. The number of benzene rings is 1. The van der Waals surface area contributed by atoms with Crippen LogP contribution in [0.2, 0.25) is 0 Å². The van der Waals surface area contributed by atoms with Gasteiger partial charge >= 0.3 is 0 Å². The van der Waals surface area contributed by atoms with Gasteiger partial charge in [0.05, 0.1) is 10.5 Å². The number of nitrogens with two attached hydrogens (primary N) is 1. The Bertz CT molecular complexity index is 500. The number of nitrogens with one attached hydrogen (secondary N) is 1. The number of aromatic nitrogens is 3. The second-order valence-electron chi connectivity index (χ2n) is 3.11. The molecule has 1 aromatic carbocycles. The molecule has 16 heavy (non-hydrogen) atoms. The zero-order valence-electron chi connectivity index (χ0n) is 7.92. The Morgan fingerprint density at radius 2 is 2.12 bits per heavy atom. The Labute approximate surface area is 98.0 Å². The third-order valence-electron chi connectivity index (χ3n) is 2.12. The lowest BCUT2D eigenvalue weighted by Crippen LogP contribution is -2.17. The summed E-state index contributed by atoms with van der Waals surface area (Å²) >= 11 is 2.97. The third kappa shape index (κ3) is 1.83. The summed E-state index contributed by atoms with van der Waals surface area (Å²) in [6, 6.07) is 1.40. The lowest BCUT2D eigenvalue weighted by atomic mass is 10.1. The maximum atomic E-state index is 13.7. The topological polar surface area (TPSA) is 67.6 Å². The van der Waals surface area contributed by atoms with Crippen molar-refractivity contribution in [2.75, 3.05) is 0 Å². The van der Waals surface area contributed by atoms with E-state index in [1.807, 2.05) is 0 Å². The van der Waals surface area contributed by atoms with Gasteiger partial charge in [0, 0.05) is 5.56 Å². The molecule has 0 aliphatic heterocycles. The number of H-pyrrole nitrogens is 1. The molecule has 1 atom stereocenters. The van der Waals surface area contributed by atoms with Crippen molar-refractivity contribution in [1.82, 2.24) is 15.2 Å². The second-order valence-corrected chi connectivity index (χ2v) is 3.96. The van der Waals surface area contributed by atoms with Crippen LogP contribution in [0.25, 0.3) is 0 Å². The molecule has 0 aliphatic rings. The molecule has 0 fully saturated rings. The molecule has 0 saturated carbocycles. The van der Waals surface area contributed by atoms with Crippen molar-refractivity contribution in [3.8, 4) is 0 Å². The van der Waals surface area contributed by atoms with E-state index in [1.54, 1.807) is 0 Å². The van der Waals surface area contributed by atoms with Crippen molar-refractivity contribution in [2.45, 2.75) is 6.04 Å². The summed E-state index contributed by atoms with van der Waals surface area (Å²) < 4.78 is 27.3. The number of nitrogens with zero attached hydrogens (tertiary/aromatic N) is 2. The molecule has 4 nitrogen and oxygen atoms in total. The molecule has 2 aromatic rings. The van der Waals surface area contributed by atoms with Crippen molar-refractivity contribution in [1.29, 1.82) is 0 Å². The maximum Gasteiger partial charge on any atom is 0.145 e. The van der Waals surface area contributed by atoms with E-state index in [4.69, 9.17) is 5.73 Å². The maximum absolute atomic E-state index is 13.7. The van der Waals surface area contributed by atoms with E-state index >= 15 is 0 Å². The zero-order chi connectivity index (χ0) is 11.7. The predicted octanol–water partition coefficient (Wildman–Crippen LogP) is 1.89. The fraction of sp³-hybridized carbons (Fsp3) is 0.111. The van der Waals surface area contributed by atoms with Crippen LogP contribution in [-0.2, 0) is 0 Å². The summed E-state index contributed by atoms with van der Waals surface area (Å²) in [6.45, 7) is 0. The largest absolute Gasteiger partial charge is 0.317 e. The number of hydrogen-bond acceptors (Lipinski definition) is 3. The van der Waals surface area contributed by atoms with Crippen LogP contribution >= 0.6 is 15.9 Å². The lowest BCUT2D eigenvalue weighted by Gasteiger charge is -2.11. The quantitative estimate of drug-likeness (QED) is 0.830. The van der Waals surface area contributed by atoms with E-state index in [1.165, 1.54) is 12.4 Å². The molecule has 0 saturated heterocycles. The van der Waals surface area contributed by atoms with Crippen LogP contribution in [0.3, 0.4) is 0 Å². The van der Waals surface area contributed by atoms with Crippen LogP contribution in [0.4, 0.5) is 8.78 Å². The molecule has 7 heteroatoms. The standard InChI is InChI=1S/C9H7BrF2N4/c10-4-1-2-5(11)6(7(4)12)8(13)9-14-3-15-16-9/h1-3,8H,13H2,(H,14,15,16). The van der Waals surface area contributed by atoms with E-state index in [9.17, 15) is 8.78 Å². The van der Waals surface area contributed by atoms with Gasteiger partial charge in [0.1, 0.15) is 23.8 Å². The molecule has 2 rings (SSSR count). The van der Waals surface area contributed by atoms with Crippen LogP contribution in [0, 0.1) is 11.6 Å². The predicted molar refractivity (Wildman–Crippen MR) is 56.5 cm³/mol. The number of aromatic amines is 1. The molecule has 1 heterocycles. The molecule has 0 aliphatic carbocycles. The SMILES string of the molecule is NC(c1ncn[nH]1)c1c(F)ccc(Br)c1F. The van der Waals surface area contributed by atoms with Gasteiger partial charge in [0.25, 0.3) is 0 Å². The van der Waals surface area contributed by atoms with Crippen molar-refractivity contribution in [3.05, 3.63) is 46.0 Å². The minimum absolute atomic E-state index is 0.152. The van der Waals surface area contributed by atoms with Gasteiger partial charge in [-0.1, -0.05) is 0 Å². The Balaban J connectivity index is 2.52. The Kier molecular flexibility index (Phi) is 2.97. The molecular weight excluding hydrogens is 282 g/mol. The molecule has 3 N–H and O–H groups in total. The molecular formula is C9H7BrF2N4. The van der Waals surface area contributed by atoms with Crippen LogP contribution < -0.4 is 5.73 Å². The van der Waals surface area contributed by atoms with Crippen LogP contribution in [-0.4, -0.2) is 15.2 Å². The molecule has 0 radical (unpaired) electrons. The number of hydrogen-bond donors (Lipinski definition) is 2. The fourth-order valence-corrected chi connectivity index (χ4v) is 1.68. The summed E-state index contributed by atoms with van der Waals surface area (Å²) in [5.41, 5.74) is 5.45. The Morgan fingerprint density at radius 3 is 2.75 bits per heavy atom. The van der Waals surface area contributed by atoms with Gasteiger partial charge in [-0.25, -0.2) is 13.8 Å². The minimum Gasteiger partial charge on any atom is -0.317 e. The summed E-state index contributed by atoms with van der Waals surface area (Å²) in [5, 5.41) is 6.05. The average Bonchev–Trinajstić information content (AvgIpc) is 2.77. The summed E-state index contributed by atoms with van der Waals surface area (Å²) in [7, 11) is 0. The first-order valence-corrected chi connectivity index (χ1v) is 5.14. The van der Waals surface area contributed by atoms with E-state index < -0.39 is 17.7 Å². The first-order chi connectivity index (χ1) is 7.61. The van der Waals surface area contributed by atoms with E-state index in [2.05, 4.69) is 31.1 Å². The second kappa shape index (κ2) is 4.26. The van der Waals surface area contributed by atoms with Crippen molar-refractivity contribution < 1.29 is 8.78 Å². The first kappa shape index (κ1) is 11.2. The van der Waals surface area contributed by atoms with Gasteiger partial charge in [0.15, 0.2) is 0 Å². The van der Waals surface area contributed by atoms with Gasteiger partial charge in [-0.2, -0.15) is 5.10 Å². The highest BCUT2D eigenvalue weighted by Crippen LogP contribution is 2.27. The van der Waals surface area contributed by atoms with Gasteiger partial charge in [-0.05, 0) is 28.1 Å². The molecule has 1 unspecified atom stereocenters. The van der Waals surface area contributed by atoms with Crippen LogP contribution in [0.15, 0.2) is 22.9 Å². The number of halogens is 3. The lowest BCUT2D eigenvalue weighted by molar-refractivity contribution is 0.534. The average molecular weight is 289 g/mol. The molecule has 1 aromatic heterocycles. The summed E-state index contributed by atoms with van der Waals surface area (Å²) in [5.74, 6) is -1.25.